The minimum atomic E-state index is -0.102. The highest BCUT2D eigenvalue weighted by atomic mass is 35.5. The van der Waals surface area contributed by atoms with Gasteiger partial charge in [-0.1, -0.05) is 29.8 Å². The van der Waals surface area contributed by atoms with Crippen molar-refractivity contribution < 1.29 is 4.79 Å². The number of amides is 1. The molecule has 8 heteroatoms. The van der Waals surface area contributed by atoms with Crippen molar-refractivity contribution in [2.45, 2.75) is 31.8 Å². The second kappa shape index (κ2) is 9.07. The van der Waals surface area contributed by atoms with Crippen LogP contribution < -0.4 is 10.9 Å². The molecule has 0 spiro atoms. The quantitative estimate of drug-likeness (QED) is 0.623. The fourth-order valence-corrected chi connectivity index (χ4v) is 4.79. The van der Waals surface area contributed by atoms with Crippen molar-refractivity contribution in [3.63, 3.8) is 0 Å². The van der Waals surface area contributed by atoms with Crippen LogP contribution in [0.15, 0.2) is 46.8 Å². The molecule has 1 N–H and O–H groups in total. The molecule has 4 rings (SSSR count). The van der Waals surface area contributed by atoms with Gasteiger partial charge in [-0.2, -0.15) is 0 Å². The number of hydrogen-bond donors (Lipinski definition) is 1. The second-order valence-corrected chi connectivity index (χ2v) is 8.52. The summed E-state index contributed by atoms with van der Waals surface area (Å²) in [6, 6.07) is 9.64. The molecule has 1 fully saturated rings. The highest BCUT2D eigenvalue weighted by molar-refractivity contribution is 7.16. The van der Waals surface area contributed by atoms with Gasteiger partial charge in [0, 0.05) is 24.5 Å². The van der Waals surface area contributed by atoms with E-state index in [1.165, 1.54) is 22.2 Å². The van der Waals surface area contributed by atoms with Gasteiger partial charge in [-0.15, -0.1) is 11.3 Å². The lowest BCUT2D eigenvalue weighted by atomic mass is 10.1. The second-order valence-electron chi connectivity index (χ2n) is 7.22. The van der Waals surface area contributed by atoms with E-state index in [0.29, 0.717) is 18.5 Å². The molecule has 0 aliphatic carbocycles. The lowest BCUT2D eigenvalue weighted by Crippen LogP contribution is -2.37. The summed E-state index contributed by atoms with van der Waals surface area (Å²) in [6.45, 7) is 2.82. The van der Waals surface area contributed by atoms with Gasteiger partial charge in [0.1, 0.15) is 4.83 Å². The first-order chi connectivity index (χ1) is 14.1. The molecule has 1 aliphatic rings. The van der Waals surface area contributed by atoms with Crippen LogP contribution in [0, 0.1) is 0 Å². The van der Waals surface area contributed by atoms with Crippen LogP contribution in [0.3, 0.4) is 0 Å². The Morgan fingerprint density at radius 3 is 2.83 bits per heavy atom. The zero-order valence-corrected chi connectivity index (χ0v) is 17.6. The minimum absolute atomic E-state index is 0.0571. The van der Waals surface area contributed by atoms with Crippen molar-refractivity contribution in [1.82, 2.24) is 19.8 Å². The van der Waals surface area contributed by atoms with E-state index in [-0.39, 0.29) is 23.9 Å². The number of rotatable bonds is 7. The fourth-order valence-electron chi connectivity index (χ4n) is 3.81. The molecule has 1 saturated heterocycles. The van der Waals surface area contributed by atoms with E-state index in [9.17, 15) is 9.59 Å². The van der Waals surface area contributed by atoms with Crippen LogP contribution in [0.4, 0.5) is 0 Å². The number of carbonyl (C=O) groups is 1. The van der Waals surface area contributed by atoms with E-state index >= 15 is 0 Å². The number of aryl methyl sites for hydroxylation is 1. The van der Waals surface area contributed by atoms with Gasteiger partial charge in [0.15, 0.2) is 0 Å². The smallest absolute Gasteiger partial charge is 0.262 e. The topological polar surface area (TPSA) is 67.2 Å². The number of fused-ring (bicyclic) bond motifs is 1. The van der Waals surface area contributed by atoms with Crippen LogP contribution in [0.25, 0.3) is 10.2 Å². The Balaban J connectivity index is 1.39. The van der Waals surface area contributed by atoms with Gasteiger partial charge in [-0.25, -0.2) is 4.98 Å². The number of likely N-dealkylation sites (tertiary alicyclic amines) is 1. The normalized spacial score (nSPS) is 15.6. The van der Waals surface area contributed by atoms with Crippen molar-refractivity contribution in [3.8, 4) is 0 Å². The first kappa shape index (κ1) is 20.1. The summed E-state index contributed by atoms with van der Waals surface area (Å²) in [5, 5.41) is 6.21. The van der Waals surface area contributed by atoms with E-state index in [0.717, 1.165) is 41.3 Å². The maximum atomic E-state index is 12.5. The summed E-state index contributed by atoms with van der Waals surface area (Å²) < 4.78 is 1.50. The Kier molecular flexibility index (Phi) is 6.28. The number of carbonyl (C=O) groups excluding carboxylic acids is 1. The molecule has 1 atom stereocenters. The molecular formula is C21H23ClN4O2S. The van der Waals surface area contributed by atoms with Gasteiger partial charge in [-0.05, 0) is 49.0 Å². The van der Waals surface area contributed by atoms with Crippen LogP contribution in [-0.2, 0) is 11.3 Å². The SMILES string of the molecule is O=C(CCn1cnc2sccc2c1=O)NCC(c1ccccc1Cl)N1CCCC1. The van der Waals surface area contributed by atoms with Crippen molar-refractivity contribution in [1.29, 1.82) is 0 Å². The Morgan fingerprint density at radius 2 is 2.03 bits per heavy atom. The molecule has 1 aromatic carbocycles. The zero-order chi connectivity index (χ0) is 20.2. The molecular weight excluding hydrogens is 408 g/mol. The Bertz CT molecular complexity index is 1060. The number of nitrogens with one attached hydrogen (secondary N) is 1. The van der Waals surface area contributed by atoms with Crippen molar-refractivity contribution in [2.75, 3.05) is 19.6 Å². The monoisotopic (exact) mass is 430 g/mol. The van der Waals surface area contributed by atoms with Crippen LogP contribution in [0.5, 0.6) is 0 Å². The molecule has 2 aromatic heterocycles. The first-order valence-corrected chi connectivity index (χ1v) is 11.1. The molecule has 6 nitrogen and oxygen atoms in total. The lowest BCUT2D eigenvalue weighted by Gasteiger charge is -2.29. The molecule has 3 aromatic rings. The van der Waals surface area contributed by atoms with Gasteiger partial charge in [0.05, 0.1) is 17.8 Å². The van der Waals surface area contributed by atoms with Crippen molar-refractivity contribution in [3.05, 3.63) is 63.0 Å². The van der Waals surface area contributed by atoms with E-state index in [2.05, 4.69) is 15.2 Å². The Labute approximate surface area is 178 Å². The van der Waals surface area contributed by atoms with E-state index in [4.69, 9.17) is 11.6 Å². The van der Waals surface area contributed by atoms with Gasteiger partial charge in [0.25, 0.3) is 5.56 Å². The predicted octanol–water partition coefficient (Wildman–Crippen LogP) is 3.45. The molecule has 0 radical (unpaired) electrons. The number of aromatic nitrogens is 2. The maximum absolute atomic E-state index is 12.5. The van der Waals surface area contributed by atoms with Crippen LogP contribution in [0.1, 0.15) is 30.9 Å². The van der Waals surface area contributed by atoms with E-state index in [1.54, 1.807) is 6.07 Å². The maximum Gasteiger partial charge on any atom is 0.262 e. The Hall–Kier alpha value is -2.22. The molecule has 1 unspecified atom stereocenters. The third kappa shape index (κ3) is 4.52. The summed E-state index contributed by atoms with van der Waals surface area (Å²) >= 11 is 7.86. The highest BCUT2D eigenvalue weighted by Crippen LogP contribution is 2.29. The van der Waals surface area contributed by atoms with Crippen LogP contribution in [0.2, 0.25) is 5.02 Å². The van der Waals surface area contributed by atoms with Gasteiger partial charge in [0.2, 0.25) is 5.91 Å². The summed E-state index contributed by atoms with van der Waals surface area (Å²) in [7, 11) is 0. The fraction of sp³-hybridized carbons (Fsp3) is 0.381. The van der Waals surface area contributed by atoms with Crippen LogP contribution >= 0.6 is 22.9 Å². The van der Waals surface area contributed by atoms with Crippen LogP contribution in [-0.4, -0.2) is 40.0 Å². The average Bonchev–Trinajstić information content (AvgIpc) is 3.41. The number of hydrogen-bond acceptors (Lipinski definition) is 5. The van der Waals surface area contributed by atoms with Gasteiger partial charge in [-0.3, -0.25) is 19.1 Å². The summed E-state index contributed by atoms with van der Waals surface area (Å²) in [4.78, 5) is 32.3. The summed E-state index contributed by atoms with van der Waals surface area (Å²) in [5.74, 6) is -0.0847. The molecule has 29 heavy (non-hydrogen) atoms. The van der Waals surface area contributed by atoms with Crippen molar-refractivity contribution in [2.24, 2.45) is 0 Å². The summed E-state index contributed by atoms with van der Waals surface area (Å²) in [5.41, 5.74) is 0.940. The highest BCUT2D eigenvalue weighted by Gasteiger charge is 2.25. The Morgan fingerprint density at radius 1 is 1.24 bits per heavy atom. The number of thiophene rings is 1. The standard InChI is InChI=1S/C21H23ClN4O2S/c22-17-6-2-1-5-15(17)18(25-9-3-4-10-25)13-23-19(27)7-11-26-14-24-20-16(21(26)28)8-12-29-20/h1-2,5-6,8,12,14,18H,3-4,7,9-11,13H2,(H,23,27). The average molecular weight is 431 g/mol. The minimum Gasteiger partial charge on any atom is -0.354 e. The number of halogens is 1. The number of benzene rings is 1. The first-order valence-electron chi connectivity index (χ1n) is 9.81. The predicted molar refractivity (Wildman–Crippen MR) is 117 cm³/mol. The molecule has 1 amide bonds. The molecule has 0 bridgehead atoms. The molecule has 152 valence electrons. The third-order valence-corrected chi connectivity index (χ3v) is 6.53. The van der Waals surface area contributed by atoms with E-state index in [1.807, 2.05) is 29.6 Å². The molecule has 1 aliphatic heterocycles. The van der Waals surface area contributed by atoms with Gasteiger partial charge >= 0.3 is 0 Å². The van der Waals surface area contributed by atoms with Crippen molar-refractivity contribution >= 4 is 39.1 Å². The molecule has 0 saturated carbocycles. The largest absolute Gasteiger partial charge is 0.354 e. The zero-order valence-electron chi connectivity index (χ0n) is 16.0. The molecule has 3 heterocycles. The lowest BCUT2D eigenvalue weighted by molar-refractivity contribution is -0.121. The van der Waals surface area contributed by atoms with Gasteiger partial charge < -0.3 is 5.32 Å². The van der Waals surface area contributed by atoms with E-state index < -0.39 is 0 Å². The third-order valence-electron chi connectivity index (χ3n) is 5.37. The number of nitrogens with zero attached hydrogens (tertiary/aromatic N) is 3. The summed E-state index contributed by atoms with van der Waals surface area (Å²) in [6.07, 6.45) is 4.07.